The third kappa shape index (κ3) is 5.03. The van der Waals surface area contributed by atoms with E-state index in [1.54, 1.807) is 7.11 Å². The van der Waals surface area contributed by atoms with Gasteiger partial charge >= 0.3 is 0 Å². The maximum absolute atomic E-state index is 5.44. The Labute approximate surface area is 121 Å². The Kier molecular flexibility index (Phi) is 7.43. The van der Waals surface area contributed by atoms with Gasteiger partial charge in [-0.05, 0) is 19.8 Å². The second kappa shape index (κ2) is 8.84. The molecule has 0 saturated heterocycles. The Balaban J connectivity index is 2.84. The van der Waals surface area contributed by atoms with E-state index in [1.165, 1.54) is 0 Å². The summed E-state index contributed by atoms with van der Waals surface area (Å²) in [4.78, 5) is 11.3. The summed E-state index contributed by atoms with van der Waals surface area (Å²) in [5, 5.41) is 0. The van der Waals surface area contributed by atoms with Crippen LogP contribution in [0.1, 0.15) is 38.2 Å². The predicted octanol–water partition coefficient (Wildman–Crippen LogP) is 1.71. The smallest absolute Gasteiger partial charge is 0.145 e. The lowest BCUT2D eigenvalue weighted by Gasteiger charge is -2.29. The van der Waals surface area contributed by atoms with E-state index in [9.17, 15) is 0 Å². The van der Waals surface area contributed by atoms with Gasteiger partial charge in [-0.25, -0.2) is 15.8 Å². The number of nitrogens with zero attached hydrogens (tertiary/aromatic N) is 3. The Bertz CT molecular complexity index is 395. The van der Waals surface area contributed by atoms with Gasteiger partial charge in [-0.1, -0.05) is 13.8 Å². The monoisotopic (exact) mass is 281 g/mol. The summed E-state index contributed by atoms with van der Waals surface area (Å²) >= 11 is 0. The number of aryl methyl sites for hydroxylation is 1. The van der Waals surface area contributed by atoms with E-state index in [4.69, 9.17) is 10.6 Å². The van der Waals surface area contributed by atoms with Crippen molar-refractivity contribution >= 4 is 5.82 Å². The summed E-state index contributed by atoms with van der Waals surface area (Å²) in [5.41, 5.74) is 3.50. The zero-order valence-electron chi connectivity index (χ0n) is 13.0. The Hall–Kier alpha value is -1.24. The first kappa shape index (κ1) is 16.8. The van der Waals surface area contributed by atoms with E-state index in [2.05, 4.69) is 34.1 Å². The molecule has 0 fully saturated rings. The molecule has 0 spiro atoms. The van der Waals surface area contributed by atoms with Crippen LogP contribution in [0.25, 0.3) is 0 Å². The van der Waals surface area contributed by atoms with Crippen LogP contribution in [0.5, 0.6) is 0 Å². The number of rotatable bonds is 9. The zero-order chi connectivity index (χ0) is 15.0. The molecule has 0 aromatic carbocycles. The van der Waals surface area contributed by atoms with E-state index >= 15 is 0 Å². The molecule has 1 rings (SSSR count). The molecule has 0 aliphatic carbocycles. The zero-order valence-corrected chi connectivity index (χ0v) is 13.0. The van der Waals surface area contributed by atoms with Gasteiger partial charge in [0.05, 0.1) is 13.2 Å². The molecule has 1 aromatic heterocycles. The van der Waals surface area contributed by atoms with Gasteiger partial charge in [0.15, 0.2) is 0 Å². The highest BCUT2D eigenvalue weighted by molar-refractivity contribution is 5.33. The largest absolute Gasteiger partial charge is 0.383 e. The Morgan fingerprint density at radius 3 is 2.60 bits per heavy atom. The van der Waals surface area contributed by atoms with Crippen LogP contribution in [0.15, 0.2) is 6.07 Å². The molecule has 6 nitrogen and oxygen atoms in total. The van der Waals surface area contributed by atoms with E-state index in [0.29, 0.717) is 25.0 Å². The van der Waals surface area contributed by atoms with Crippen LogP contribution in [0.4, 0.5) is 5.82 Å². The summed E-state index contributed by atoms with van der Waals surface area (Å²) in [6, 6.07) is 2.35. The van der Waals surface area contributed by atoms with E-state index in [0.717, 1.165) is 30.9 Å². The molecule has 0 radical (unpaired) electrons. The van der Waals surface area contributed by atoms with Crippen LogP contribution < -0.4 is 11.3 Å². The summed E-state index contributed by atoms with van der Waals surface area (Å²) in [6.07, 6.45) is 2.21. The molecular weight excluding hydrogens is 254 g/mol. The van der Waals surface area contributed by atoms with Crippen LogP contribution in [-0.2, 0) is 11.3 Å². The summed E-state index contributed by atoms with van der Waals surface area (Å²) < 4.78 is 5.20. The van der Waals surface area contributed by atoms with Crippen LogP contribution in [0, 0.1) is 6.92 Å². The molecule has 114 valence electrons. The summed E-state index contributed by atoms with van der Waals surface area (Å²) in [5.74, 6) is 6.89. The third-order valence-electron chi connectivity index (χ3n) is 3.43. The SMILES string of the molecule is CCC(CC)N(CCOC)Cc1nc(C)cc(NN)n1. The van der Waals surface area contributed by atoms with E-state index in [1.807, 2.05) is 13.0 Å². The van der Waals surface area contributed by atoms with Crippen molar-refractivity contribution in [1.82, 2.24) is 14.9 Å². The first-order valence-electron chi connectivity index (χ1n) is 7.18. The van der Waals surface area contributed by atoms with Crippen LogP contribution in [0.3, 0.4) is 0 Å². The molecule has 0 unspecified atom stereocenters. The second-order valence-electron chi connectivity index (χ2n) is 4.89. The minimum Gasteiger partial charge on any atom is -0.383 e. The van der Waals surface area contributed by atoms with Crippen molar-refractivity contribution in [1.29, 1.82) is 0 Å². The van der Waals surface area contributed by atoms with Crippen molar-refractivity contribution in [3.05, 3.63) is 17.6 Å². The second-order valence-corrected chi connectivity index (χ2v) is 4.89. The third-order valence-corrected chi connectivity index (χ3v) is 3.43. The number of aromatic nitrogens is 2. The van der Waals surface area contributed by atoms with Gasteiger partial charge in [-0.15, -0.1) is 0 Å². The molecule has 3 N–H and O–H groups in total. The van der Waals surface area contributed by atoms with E-state index in [-0.39, 0.29) is 0 Å². The maximum atomic E-state index is 5.44. The van der Waals surface area contributed by atoms with Gasteiger partial charge in [0.1, 0.15) is 11.6 Å². The molecule has 0 bridgehead atoms. The minimum atomic E-state index is 0.517. The average Bonchev–Trinajstić information content (AvgIpc) is 2.45. The van der Waals surface area contributed by atoms with Crippen molar-refractivity contribution in [2.75, 3.05) is 25.7 Å². The Morgan fingerprint density at radius 1 is 1.35 bits per heavy atom. The van der Waals surface area contributed by atoms with Crippen molar-refractivity contribution in [3.63, 3.8) is 0 Å². The van der Waals surface area contributed by atoms with Gasteiger partial charge < -0.3 is 10.2 Å². The van der Waals surface area contributed by atoms with Gasteiger partial charge in [-0.3, -0.25) is 4.90 Å². The lowest BCUT2D eigenvalue weighted by molar-refractivity contribution is 0.108. The number of hydrogen-bond donors (Lipinski definition) is 2. The topological polar surface area (TPSA) is 76.3 Å². The predicted molar refractivity (Wildman–Crippen MR) is 81.2 cm³/mol. The molecule has 1 aromatic rings. The van der Waals surface area contributed by atoms with Gasteiger partial charge in [0, 0.05) is 31.5 Å². The molecule has 1 heterocycles. The molecule has 20 heavy (non-hydrogen) atoms. The number of nitrogen functional groups attached to an aromatic ring is 1. The number of methoxy groups -OCH3 is 1. The highest BCUT2D eigenvalue weighted by Crippen LogP contribution is 2.13. The highest BCUT2D eigenvalue weighted by Gasteiger charge is 2.17. The Morgan fingerprint density at radius 2 is 2.05 bits per heavy atom. The number of nitrogens with two attached hydrogens (primary N) is 1. The molecule has 0 amide bonds. The number of hydrogen-bond acceptors (Lipinski definition) is 6. The lowest BCUT2D eigenvalue weighted by Crippen LogP contribution is -2.37. The fourth-order valence-electron chi connectivity index (χ4n) is 2.36. The van der Waals surface area contributed by atoms with Crippen molar-refractivity contribution in [3.8, 4) is 0 Å². The summed E-state index contributed by atoms with van der Waals surface area (Å²) in [7, 11) is 1.73. The quantitative estimate of drug-likeness (QED) is 0.530. The number of anilines is 1. The highest BCUT2D eigenvalue weighted by atomic mass is 16.5. The molecule has 0 saturated carbocycles. The number of nitrogens with one attached hydrogen (secondary N) is 1. The van der Waals surface area contributed by atoms with Crippen molar-refractivity contribution in [2.45, 2.75) is 46.2 Å². The molecular formula is C14H27N5O. The van der Waals surface area contributed by atoms with Crippen molar-refractivity contribution in [2.24, 2.45) is 5.84 Å². The minimum absolute atomic E-state index is 0.517. The van der Waals surface area contributed by atoms with Crippen LogP contribution in [0.2, 0.25) is 0 Å². The number of ether oxygens (including phenoxy) is 1. The van der Waals surface area contributed by atoms with E-state index < -0.39 is 0 Å². The first-order valence-corrected chi connectivity index (χ1v) is 7.18. The van der Waals surface area contributed by atoms with Gasteiger partial charge in [0.25, 0.3) is 0 Å². The lowest BCUT2D eigenvalue weighted by atomic mass is 10.1. The number of hydrazine groups is 1. The van der Waals surface area contributed by atoms with Crippen LogP contribution in [-0.4, -0.2) is 41.2 Å². The average molecular weight is 281 g/mol. The summed E-state index contributed by atoms with van der Waals surface area (Å²) in [6.45, 7) is 8.67. The normalized spacial score (nSPS) is 11.3. The molecule has 0 atom stereocenters. The first-order chi connectivity index (χ1) is 9.64. The molecule has 0 aliphatic rings. The molecule has 0 aliphatic heterocycles. The molecule has 6 heteroatoms. The van der Waals surface area contributed by atoms with Crippen LogP contribution >= 0.6 is 0 Å². The standard InChI is InChI=1S/C14H27N5O/c1-5-12(6-2)19(7-8-20-4)10-14-16-11(3)9-13(17-14)18-15/h9,12H,5-8,10,15H2,1-4H3,(H,16,17,18). The van der Waals surface area contributed by atoms with Gasteiger partial charge in [-0.2, -0.15) is 0 Å². The fourth-order valence-corrected chi connectivity index (χ4v) is 2.36. The fraction of sp³-hybridized carbons (Fsp3) is 0.714. The van der Waals surface area contributed by atoms with Crippen molar-refractivity contribution < 1.29 is 4.74 Å². The van der Waals surface area contributed by atoms with Gasteiger partial charge in [0.2, 0.25) is 0 Å². The maximum Gasteiger partial charge on any atom is 0.145 e.